The van der Waals surface area contributed by atoms with E-state index >= 15 is 0 Å². The third kappa shape index (κ3) is 4.05. The summed E-state index contributed by atoms with van der Waals surface area (Å²) in [6.07, 6.45) is 3.41. The summed E-state index contributed by atoms with van der Waals surface area (Å²) in [5.74, 6) is 0. The molecule has 1 aliphatic rings. The Hall–Kier alpha value is -0.860. The Labute approximate surface area is 117 Å². The minimum Gasteiger partial charge on any atom is -0.368 e. The molecule has 1 fully saturated rings. The molecule has 1 aliphatic heterocycles. The van der Waals surface area contributed by atoms with Gasteiger partial charge in [-0.05, 0) is 59.1 Å². The molecule has 1 atom stereocenters. The van der Waals surface area contributed by atoms with Crippen LogP contribution in [0.3, 0.4) is 0 Å². The molecule has 0 amide bonds. The van der Waals surface area contributed by atoms with Gasteiger partial charge in [0.2, 0.25) is 0 Å². The van der Waals surface area contributed by atoms with E-state index in [2.05, 4.69) is 63.3 Å². The van der Waals surface area contributed by atoms with Crippen molar-refractivity contribution in [2.75, 3.05) is 6.54 Å². The fourth-order valence-electron chi connectivity index (χ4n) is 3.09. The lowest BCUT2D eigenvalue weighted by molar-refractivity contribution is -0.0697. The van der Waals surface area contributed by atoms with Gasteiger partial charge >= 0.3 is 0 Å². The van der Waals surface area contributed by atoms with Crippen molar-refractivity contribution in [3.63, 3.8) is 0 Å². The van der Waals surface area contributed by atoms with E-state index in [1.807, 2.05) is 0 Å². The standard InChI is InChI=1S/C17H27NO/c1-16(2)13-15(17(3,4)19-16)18-12-8-11-14-9-6-5-7-10-14/h5-7,9-10,15,18H,8,11-13H2,1-4H3. The van der Waals surface area contributed by atoms with E-state index in [4.69, 9.17) is 4.74 Å². The van der Waals surface area contributed by atoms with Crippen LogP contribution in [0.4, 0.5) is 0 Å². The first-order chi connectivity index (χ1) is 8.89. The van der Waals surface area contributed by atoms with Gasteiger partial charge in [0.25, 0.3) is 0 Å². The molecule has 106 valence electrons. The molecular weight excluding hydrogens is 234 g/mol. The highest BCUT2D eigenvalue weighted by atomic mass is 16.5. The second-order valence-electron chi connectivity index (χ2n) is 6.77. The summed E-state index contributed by atoms with van der Waals surface area (Å²) in [7, 11) is 0. The molecule has 2 heteroatoms. The molecule has 0 aliphatic carbocycles. The predicted octanol–water partition coefficient (Wildman–Crippen LogP) is 3.55. The minimum atomic E-state index is -0.0593. The second kappa shape index (κ2) is 5.64. The van der Waals surface area contributed by atoms with Crippen molar-refractivity contribution in [1.82, 2.24) is 5.32 Å². The van der Waals surface area contributed by atoms with E-state index in [0.29, 0.717) is 6.04 Å². The third-order valence-electron chi connectivity index (χ3n) is 3.95. The van der Waals surface area contributed by atoms with Crippen LogP contribution >= 0.6 is 0 Å². The highest BCUT2D eigenvalue weighted by Crippen LogP contribution is 2.37. The fourth-order valence-corrected chi connectivity index (χ4v) is 3.09. The van der Waals surface area contributed by atoms with Crippen LogP contribution in [-0.2, 0) is 11.2 Å². The first-order valence-corrected chi connectivity index (χ1v) is 7.37. The average Bonchev–Trinajstić information content (AvgIpc) is 2.54. The number of hydrogen-bond donors (Lipinski definition) is 1. The zero-order valence-corrected chi connectivity index (χ0v) is 12.7. The van der Waals surface area contributed by atoms with E-state index in [0.717, 1.165) is 19.4 Å². The van der Waals surface area contributed by atoms with Crippen LogP contribution in [0, 0.1) is 0 Å². The highest BCUT2D eigenvalue weighted by molar-refractivity contribution is 5.14. The van der Waals surface area contributed by atoms with Crippen LogP contribution in [0.15, 0.2) is 30.3 Å². The number of benzene rings is 1. The molecule has 0 bridgehead atoms. The summed E-state index contributed by atoms with van der Waals surface area (Å²) in [5, 5.41) is 3.67. The molecule has 19 heavy (non-hydrogen) atoms. The van der Waals surface area contributed by atoms with Crippen molar-refractivity contribution in [3.05, 3.63) is 35.9 Å². The Morgan fingerprint density at radius 1 is 1.16 bits per heavy atom. The number of nitrogens with one attached hydrogen (secondary N) is 1. The van der Waals surface area contributed by atoms with Gasteiger partial charge in [-0.1, -0.05) is 30.3 Å². The summed E-state index contributed by atoms with van der Waals surface area (Å²) in [6.45, 7) is 9.80. The topological polar surface area (TPSA) is 21.3 Å². The molecule has 1 N–H and O–H groups in total. The molecule has 0 saturated carbocycles. The monoisotopic (exact) mass is 261 g/mol. The van der Waals surface area contributed by atoms with E-state index in [-0.39, 0.29) is 11.2 Å². The molecule has 2 nitrogen and oxygen atoms in total. The first-order valence-electron chi connectivity index (χ1n) is 7.37. The largest absolute Gasteiger partial charge is 0.368 e. The minimum absolute atomic E-state index is 0.000592. The number of ether oxygens (including phenoxy) is 1. The van der Waals surface area contributed by atoms with E-state index in [9.17, 15) is 0 Å². The van der Waals surface area contributed by atoms with Crippen molar-refractivity contribution in [3.8, 4) is 0 Å². The Kier molecular flexibility index (Phi) is 4.32. The zero-order valence-electron chi connectivity index (χ0n) is 12.7. The van der Waals surface area contributed by atoms with Crippen LogP contribution in [0.2, 0.25) is 0 Å². The maximum absolute atomic E-state index is 6.10. The highest BCUT2D eigenvalue weighted by Gasteiger charge is 2.45. The van der Waals surface area contributed by atoms with Crippen molar-refractivity contribution in [2.24, 2.45) is 0 Å². The van der Waals surface area contributed by atoms with Crippen molar-refractivity contribution in [1.29, 1.82) is 0 Å². The molecule has 1 heterocycles. The average molecular weight is 261 g/mol. The lowest BCUT2D eigenvalue weighted by atomic mass is 9.94. The van der Waals surface area contributed by atoms with E-state index < -0.39 is 0 Å². The fraction of sp³-hybridized carbons (Fsp3) is 0.647. The van der Waals surface area contributed by atoms with Crippen LogP contribution in [0.25, 0.3) is 0 Å². The smallest absolute Gasteiger partial charge is 0.0787 e. The maximum Gasteiger partial charge on any atom is 0.0787 e. The van der Waals surface area contributed by atoms with Gasteiger partial charge in [-0.15, -0.1) is 0 Å². The molecule has 0 spiro atoms. The van der Waals surface area contributed by atoms with Gasteiger partial charge in [-0.3, -0.25) is 0 Å². The van der Waals surface area contributed by atoms with E-state index in [1.54, 1.807) is 0 Å². The summed E-state index contributed by atoms with van der Waals surface area (Å²) in [5.41, 5.74) is 1.36. The van der Waals surface area contributed by atoms with Gasteiger partial charge in [-0.25, -0.2) is 0 Å². The predicted molar refractivity (Wildman–Crippen MR) is 80.4 cm³/mol. The first kappa shape index (κ1) is 14.5. The van der Waals surface area contributed by atoms with Gasteiger partial charge in [0.05, 0.1) is 11.2 Å². The zero-order chi connectivity index (χ0) is 13.9. The van der Waals surface area contributed by atoms with Crippen LogP contribution in [0.1, 0.15) is 46.1 Å². The van der Waals surface area contributed by atoms with Gasteiger partial charge in [0.1, 0.15) is 0 Å². The van der Waals surface area contributed by atoms with Gasteiger partial charge in [0.15, 0.2) is 0 Å². The van der Waals surface area contributed by atoms with Crippen LogP contribution in [-0.4, -0.2) is 23.8 Å². The van der Waals surface area contributed by atoms with E-state index in [1.165, 1.54) is 12.0 Å². The summed E-state index contributed by atoms with van der Waals surface area (Å²) < 4.78 is 6.10. The van der Waals surface area contributed by atoms with Gasteiger partial charge in [-0.2, -0.15) is 0 Å². The molecule has 1 aromatic carbocycles. The Morgan fingerprint density at radius 3 is 2.42 bits per heavy atom. The summed E-state index contributed by atoms with van der Waals surface area (Å²) in [6, 6.07) is 11.1. The molecule has 1 unspecified atom stereocenters. The number of rotatable bonds is 5. The van der Waals surface area contributed by atoms with Gasteiger partial charge < -0.3 is 10.1 Å². The summed E-state index contributed by atoms with van der Waals surface area (Å²) in [4.78, 5) is 0. The van der Waals surface area contributed by atoms with Gasteiger partial charge in [0, 0.05) is 6.04 Å². The van der Waals surface area contributed by atoms with Crippen molar-refractivity contribution in [2.45, 2.75) is 64.2 Å². The molecular formula is C17H27NO. The Bertz CT molecular complexity index is 397. The van der Waals surface area contributed by atoms with Crippen LogP contribution in [0.5, 0.6) is 0 Å². The van der Waals surface area contributed by atoms with Crippen LogP contribution < -0.4 is 5.32 Å². The molecule has 1 aromatic rings. The molecule has 0 aromatic heterocycles. The number of hydrogen-bond acceptors (Lipinski definition) is 2. The lowest BCUT2D eigenvalue weighted by Crippen LogP contribution is -2.43. The molecule has 1 saturated heterocycles. The Morgan fingerprint density at radius 2 is 1.84 bits per heavy atom. The van der Waals surface area contributed by atoms with Crippen molar-refractivity contribution < 1.29 is 4.74 Å². The third-order valence-corrected chi connectivity index (χ3v) is 3.95. The maximum atomic E-state index is 6.10. The molecule has 0 radical (unpaired) electrons. The Balaban J connectivity index is 1.74. The summed E-state index contributed by atoms with van der Waals surface area (Å²) >= 11 is 0. The SMILES string of the molecule is CC1(C)CC(NCCCc2ccccc2)C(C)(C)O1. The molecule has 2 rings (SSSR count). The quantitative estimate of drug-likeness (QED) is 0.818. The lowest BCUT2D eigenvalue weighted by Gasteiger charge is -2.27. The van der Waals surface area contributed by atoms with Crippen molar-refractivity contribution >= 4 is 0 Å². The normalized spacial score (nSPS) is 24.5. The number of aryl methyl sites for hydroxylation is 1. The second-order valence-corrected chi connectivity index (χ2v) is 6.77.